The van der Waals surface area contributed by atoms with Gasteiger partial charge in [0.05, 0.1) is 17.9 Å². The Labute approximate surface area is 162 Å². The van der Waals surface area contributed by atoms with Gasteiger partial charge in [-0.1, -0.05) is 16.8 Å². The number of fused-ring (bicyclic) bond motifs is 3. The highest BCUT2D eigenvalue weighted by Gasteiger charge is 2.30. The molecule has 6 nitrogen and oxygen atoms in total. The fourth-order valence-electron chi connectivity index (χ4n) is 4.42. The van der Waals surface area contributed by atoms with Crippen molar-refractivity contribution in [2.24, 2.45) is 0 Å². The van der Waals surface area contributed by atoms with Gasteiger partial charge in [-0.2, -0.15) is 0 Å². The Balaban J connectivity index is 1.43. The maximum atomic E-state index is 6.21. The third-order valence-corrected chi connectivity index (χ3v) is 6.03. The SMILES string of the molecule is Cc1cc(C2CCC(c3nnc4n3-c3ccc(Cl)cc3CNC4)CC2)no1. The van der Waals surface area contributed by atoms with Gasteiger partial charge in [0.25, 0.3) is 0 Å². The average molecular weight is 384 g/mol. The Morgan fingerprint density at radius 1 is 1.07 bits per heavy atom. The second-order valence-corrected chi connectivity index (χ2v) is 8.03. The van der Waals surface area contributed by atoms with E-state index >= 15 is 0 Å². The summed E-state index contributed by atoms with van der Waals surface area (Å²) < 4.78 is 7.51. The minimum atomic E-state index is 0.414. The number of rotatable bonds is 2. The van der Waals surface area contributed by atoms with Crippen LogP contribution < -0.4 is 5.32 Å². The molecule has 0 saturated heterocycles. The van der Waals surface area contributed by atoms with Crippen LogP contribution in [0, 0.1) is 6.92 Å². The van der Waals surface area contributed by atoms with Crippen molar-refractivity contribution in [1.82, 2.24) is 25.2 Å². The zero-order valence-electron chi connectivity index (χ0n) is 15.3. The van der Waals surface area contributed by atoms with Crippen molar-refractivity contribution < 1.29 is 4.52 Å². The zero-order valence-corrected chi connectivity index (χ0v) is 16.0. The summed E-state index contributed by atoms with van der Waals surface area (Å²) in [7, 11) is 0. The Morgan fingerprint density at radius 2 is 1.89 bits per heavy atom. The van der Waals surface area contributed by atoms with E-state index in [4.69, 9.17) is 16.1 Å². The van der Waals surface area contributed by atoms with Crippen molar-refractivity contribution in [1.29, 1.82) is 0 Å². The van der Waals surface area contributed by atoms with E-state index in [-0.39, 0.29) is 0 Å². The van der Waals surface area contributed by atoms with Gasteiger partial charge in [-0.15, -0.1) is 10.2 Å². The quantitative estimate of drug-likeness (QED) is 0.716. The minimum absolute atomic E-state index is 0.414. The molecule has 2 aromatic heterocycles. The molecule has 0 spiro atoms. The van der Waals surface area contributed by atoms with E-state index in [1.165, 1.54) is 5.56 Å². The number of halogens is 1. The van der Waals surface area contributed by atoms with E-state index < -0.39 is 0 Å². The van der Waals surface area contributed by atoms with Crippen molar-refractivity contribution in [2.75, 3.05) is 0 Å². The van der Waals surface area contributed by atoms with Crippen LogP contribution in [0.4, 0.5) is 0 Å². The third-order valence-electron chi connectivity index (χ3n) is 5.79. The normalized spacial score (nSPS) is 22.1. The highest BCUT2D eigenvalue weighted by atomic mass is 35.5. The fraction of sp³-hybridized carbons (Fsp3) is 0.450. The second kappa shape index (κ2) is 6.77. The van der Waals surface area contributed by atoms with E-state index in [1.807, 2.05) is 19.1 Å². The number of aromatic nitrogens is 4. The molecule has 5 rings (SSSR count). The first-order valence-electron chi connectivity index (χ1n) is 9.56. The molecule has 3 heterocycles. The number of hydrogen-bond donors (Lipinski definition) is 1. The average Bonchev–Trinajstić information content (AvgIpc) is 3.25. The maximum absolute atomic E-state index is 6.21. The maximum Gasteiger partial charge on any atom is 0.151 e. The molecule has 0 radical (unpaired) electrons. The summed E-state index contributed by atoms with van der Waals surface area (Å²) in [5.74, 6) is 3.83. The van der Waals surface area contributed by atoms with Crippen LogP contribution in [0.1, 0.15) is 66.2 Å². The van der Waals surface area contributed by atoms with E-state index in [9.17, 15) is 0 Å². The fourth-order valence-corrected chi connectivity index (χ4v) is 4.61. The van der Waals surface area contributed by atoms with Crippen molar-refractivity contribution in [3.8, 4) is 5.69 Å². The van der Waals surface area contributed by atoms with Crippen LogP contribution in [-0.4, -0.2) is 19.9 Å². The molecule has 3 aromatic rings. The second-order valence-electron chi connectivity index (χ2n) is 7.60. The number of nitrogens with one attached hydrogen (secondary N) is 1. The molecule has 0 amide bonds. The van der Waals surface area contributed by atoms with Gasteiger partial charge >= 0.3 is 0 Å². The Kier molecular flexibility index (Phi) is 4.25. The lowest BCUT2D eigenvalue weighted by molar-refractivity contribution is 0.347. The predicted octanol–water partition coefficient (Wildman–Crippen LogP) is 4.26. The lowest BCUT2D eigenvalue weighted by atomic mass is 9.80. The summed E-state index contributed by atoms with van der Waals surface area (Å²) in [5.41, 5.74) is 3.43. The number of hydrogen-bond acceptors (Lipinski definition) is 5. The number of nitrogens with zero attached hydrogens (tertiary/aromatic N) is 4. The third kappa shape index (κ3) is 3.07. The van der Waals surface area contributed by atoms with Crippen LogP contribution in [-0.2, 0) is 13.1 Å². The van der Waals surface area contributed by atoms with Crippen LogP contribution in [0.5, 0.6) is 0 Å². The van der Waals surface area contributed by atoms with E-state index in [0.717, 1.165) is 66.0 Å². The molecule has 140 valence electrons. The highest BCUT2D eigenvalue weighted by molar-refractivity contribution is 6.30. The molecule has 1 N–H and O–H groups in total. The lowest BCUT2D eigenvalue weighted by Gasteiger charge is -2.27. The van der Waals surface area contributed by atoms with Gasteiger partial charge in [-0.3, -0.25) is 4.57 Å². The van der Waals surface area contributed by atoms with Gasteiger partial charge < -0.3 is 9.84 Å². The van der Waals surface area contributed by atoms with Crippen LogP contribution in [0.25, 0.3) is 5.69 Å². The molecule has 1 aliphatic carbocycles. The van der Waals surface area contributed by atoms with Crippen LogP contribution >= 0.6 is 11.6 Å². The summed E-state index contributed by atoms with van der Waals surface area (Å²) in [6.07, 6.45) is 4.38. The Hall–Kier alpha value is -2.18. The Morgan fingerprint density at radius 3 is 2.67 bits per heavy atom. The van der Waals surface area contributed by atoms with Gasteiger partial charge in [0, 0.05) is 29.5 Å². The molecule has 27 heavy (non-hydrogen) atoms. The molecule has 2 aliphatic rings. The van der Waals surface area contributed by atoms with Gasteiger partial charge in [-0.05, 0) is 56.4 Å². The molecule has 1 aromatic carbocycles. The predicted molar refractivity (Wildman–Crippen MR) is 102 cm³/mol. The topological polar surface area (TPSA) is 68.8 Å². The molecular weight excluding hydrogens is 362 g/mol. The van der Waals surface area contributed by atoms with Crippen molar-refractivity contribution in [3.63, 3.8) is 0 Å². The summed E-state index contributed by atoms with van der Waals surface area (Å²) in [4.78, 5) is 0. The highest BCUT2D eigenvalue weighted by Crippen LogP contribution is 2.40. The van der Waals surface area contributed by atoms with Crippen LogP contribution in [0.15, 0.2) is 28.8 Å². The van der Waals surface area contributed by atoms with Crippen molar-refractivity contribution >= 4 is 11.6 Å². The summed E-state index contributed by atoms with van der Waals surface area (Å²) in [6, 6.07) is 8.14. The zero-order chi connectivity index (χ0) is 18.4. The van der Waals surface area contributed by atoms with Crippen LogP contribution in [0.2, 0.25) is 5.02 Å². The standard InChI is InChI=1S/C20H22ClN5O/c1-12-8-17(25-27-12)13-2-4-14(5-3-13)20-24-23-19-11-22-10-15-9-16(21)6-7-18(15)26(19)20/h6-9,13-14,22H,2-5,10-11H2,1H3. The van der Waals surface area contributed by atoms with Gasteiger partial charge in [-0.25, -0.2) is 0 Å². The van der Waals surface area contributed by atoms with E-state index in [0.29, 0.717) is 18.4 Å². The molecular formula is C20H22ClN5O. The molecule has 0 unspecified atom stereocenters. The first-order valence-corrected chi connectivity index (χ1v) is 9.94. The largest absolute Gasteiger partial charge is 0.361 e. The van der Waals surface area contributed by atoms with Crippen molar-refractivity contribution in [2.45, 2.75) is 57.5 Å². The molecule has 0 bridgehead atoms. The van der Waals surface area contributed by atoms with Gasteiger partial charge in [0.2, 0.25) is 0 Å². The molecule has 1 saturated carbocycles. The molecule has 0 atom stereocenters. The molecule has 1 aliphatic heterocycles. The van der Waals surface area contributed by atoms with Crippen LogP contribution in [0.3, 0.4) is 0 Å². The van der Waals surface area contributed by atoms with Crippen molar-refractivity contribution in [3.05, 3.63) is 58.0 Å². The Bertz CT molecular complexity index is 971. The number of aryl methyl sites for hydroxylation is 1. The first kappa shape index (κ1) is 17.0. The monoisotopic (exact) mass is 383 g/mol. The smallest absolute Gasteiger partial charge is 0.151 e. The van der Waals surface area contributed by atoms with Gasteiger partial charge in [0.15, 0.2) is 5.82 Å². The van der Waals surface area contributed by atoms with E-state index in [2.05, 4.69) is 37.4 Å². The minimum Gasteiger partial charge on any atom is -0.361 e. The van der Waals surface area contributed by atoms with Gasteiger partial charge in [0.1, 0.15) is 11.6 Å². The summed E-state index contributed by atoms with van der Waals surface area (Å²) in [6.45, 7) is 3.45. The van der Waals surface area contributed by atoms with E-state index in [1.54, 1.807) is 0 Å². The summed E-state index contributed by atoms with van der Waals surface area (Å²) in [5, 5.41) is 17.5. The summed E-state index contributed by atoms with van der Waals surface area (Å²) >= 11 is 6.21. The number of benzene rings is 1. The lowest BCUT2D eigenvalue weighted by Crippen LogP contribution is -2.17. The molecule has 7 heteroatoms. The molecule has 1 fully saturated rings. The first-order chi connectivity index (χ1) is 13.2.